The number of fused-ring (bicyclic) bond motifs is 9. The summed E-state index contributed by atoms with van der Waals surface area (Å²) in [5.74, 6) is 0. The van der Waals surface area contributed by atoms with Crippen molar-refractivity contribution in [2.45, 2.75) is 38.5 Å². The van der Waals surface area contributed by atoms with Gasteiger partial charge in [0.05, 0.1) is 0 Å². The molecule has 2 nitrogen and oxygen atoms in total. The third-order valence-electron chi connectivity index (χ3n) is 12.6. The Hall–Kier alpha value is -6.64. The van der Waals surface area contributed by atoms with Crippen molar-refractivity contribution < 1.29 is 4.42 Å². The molecule has 2 heteroatoms. The number of para-hydroxylation sites is 2. The standard InChI is InChI=1S/C54H41NO/c1-53(2)47-19-11-8-16-41(47)43-25-22-34(31-49(43)53)36-28-37(35-23-26-44-42-17-9-12-20-48(42)54(3,4)50(44)32-35)30-40(29-36)55(38-14-6-5-7-15-38)39-24-27-46-45-18-10-13-21-51(45)56-52(46)33-39/h5-33H,1-4H3. The third kappa shape index (κ3) is 4.82. The maximum atomic E-state index is 6.45. The predicted molar refractivity (Wildman–Crippen MR) is 234 cm³/mol. The summed E-state index contributed by atoms with van der Waals surface area (Å²) in [7, 11) is 0. The highest BCUT2D eigenvalue weighted by Crippen LogP contribution is 2.52. The Labute approximate surface area is 328 Å². The largest absolute Gasteiger partial charge is 0.456 e. The van der Waals surface area contributed by atoms with Gasteiger partial charge in [-0.2, -0.15) is 0 Å². The molecule has 9 aromatic rings. The fourth-order valence-electron chi connectivity index (χ4n) is 9.72. The van der Waals surface area contributed by atoms with E-state index in [0.29, 0.717) is 0 Å². The Bertz CT molecular complexity index is 2910. The molecule has 0 fully saturated rings. The molecule has 56 heavy (non-hydrogen) atoms. The van der Waals surface area contributed by atoms with Crippen LogP contribution in [0.1, 0.15) is 49.9 Å². The van der Waals surface area contributed by atoms with Crippen LogP contribution in [0.25, 0.3) is 66.4 Å². The average molecular weight is 720 g/mol. The van der Waals surface area contributed by atoms with Gasteiger partial charge in [0, 0.05) is 44.7 Å². The van der Waals surface area contributed by atoms with Crippen LogP contribution in [0.4, 0.5) is 17.1 Å². The van der Waals surface area contributed by atoms with E-state index in [-0.39, 0.29) is 10.8 Å². The Morgan fingerprint density at radius 3 is 1.48 bits per heavy atom. The number of anilines is 3. The molecule has 2 aliphatic carbocycles. The zero-order chi connectivity index (χ0) is 37.8. The predicted octanol–water partition coefficient (Wildman–Crippen LogP) is 15.0. The van der Waals surface area contributed by atoms with E-state index >= 15 is 0 Å². The second-order valence-electron chi connectivity index (χ2n) is 16.6. The van der Waals surface area contributed by atoms with Gasteiger partial charge in [-0.05, 0) is 127 Å². The van der Waals surface area contributed by atoms with Crippen molar-refractivity contribution in [3.63, 3.8) is 0 Å². The Kier molecular flexibility index (Phi) is 6.98. The third-order valence-corrected chi connectivity index (χ3v) is 12.6. The number of rotatable bonds is 5. The van der Waals surface area contributed by atoms with Crippen LogP contribution in [-0.2, 0) is 10.8 Å². The first-order valence-corrected chi connectivity index (χ1v) is 19.7. The molecule has 0 aliphatic heterocycles. The van der Waals surface area contributed by atoms with Crippen molar-refractivity contribution in [3.05, 3.63) is 198 Å². The van der Waals surface area contributed by atoms with E-state index in [1.807, 2.05) is 12.1 Å². The van der Waals surface area contributed by atoms with Crippen LogP contribution < -0.4 is 4.90 Å². The first-order valence-electron chi connectivity index (χ1n) is 19.7. The van der Waals surface area contributed by atoms with Gasteiger partial charge in [-0.15, -0.1) is 0 Å². The molecule has 1 heterocycles. The summed E-state index contributed by atoms with van der Waals surface area (Å²) in [6, 6.07) is 64.7. The first kappa shape index (κ1) is 32.8. The van der Waals surface area contributed by atoms with Gasteiger partial charge in [-0.3, -0.25) is 0 Å². The van der Waals surface area contributed by atoms with Crippen molar-refractivity contribution >= 4 is 39.0 Å². The van der Waals surface area contributed by atoms with Crippen LogP contribution in [0.2, 0.25) is 0 Å². The molecule has 11 rings (SSSR count). The van der Waals surface area contributed by atoms with Gasteiger partial charge in [0.2, 0.25) is 0 Å². The molecule has 0 saturated carbocycles. The van der Waals surface area contributed by atoms with E-state index in [9.17, 15) is 0 Å². The summed E-state index contributed by atoms with van der Waals surface area (Å²) in [6.07, 6.45) is 0. The minimum Gasteiger partial charge on any atom is -0.456 e. The molecule has 0 bridgehead atoms. The van der Waals surface area contributed by atoms with Crippen molar-refractivity contribution in [2.75, 3.05) is 4.90 Å². The highest BCUT2D eigenvalue weighted by atomic mass is 16.3. The van der Waals surface area contributed by atoms with Crippen molar-refractivity contribution in [1.82, 2.24) is 0 Å². The number of hydrogen-bond acceptors (Lipinski definition) is 2. The Morgan fingerprint density at radius 1 is 0.339 bits per heavy atom. The number of nitrogens with zero attached hydrogens (tertiary/aromatic N) is 1. The highest BCUT2D eigenvalue weighted by molar-refractivity contribution is 6.06. The molecule has 0 saturated heterocycles. The van der Waals surface area contributed by atoms with E-state index in [0.717, 1.165) is 39.0 Å². The van der Waals surface area contributed by atoms with E-state index in [4.69, 9.17) is 4.42 Å². The fourth-order valence-corrected chi connectivity index (χ4v) is 9.72. The molecule has 2 aliphatic rings. The normalized spacial score (nSPS) is 14.4. The minimum atomic E-state index is -0.0962. The van der Waals surface area contributed by atoms with E-state index in [1.165, 1.54) is 66.8 Å². The number of hydrogen-bond donors (Lipinski definition) is 0. The van der Waals surface area contributed by atoms with Crippen LogP contribution in [0.5, 0.6) is 0 Å². The molecule has 0 spiro atoms. The summed E-state index contributed by atoms with van der Waals surface area (Å²) in [5, 5.41) is 2.25. The monoisotopic (exact) mass is 719 g/mol. The molecular weight excluding hydrogens is 679 g/mol. The zero-order valence-corrected chi connectivity index (χ0v) is 32.1. The number of furan rings is 1. The van der Waals surface area contributed by atoms with Crippen LogP contribution in [0.15, 0.2) is 180 Å². The second-order valence-corrected chi connectivity index (χ2v) is 16.6. The quantitative estimate of drug-likeness (QED) is 0.176. The zero-order valence-electron chi connectivity index (χ0n) is 32.1. The van der Waals surface area contributed by atoms with Crippen LogP contribution in [0.3, 0.4) is 0 Å². The van der Waals surface area contributed by atoms with Gasteiger partial charge >= 0.3 is 0 Å². The smallest absolute Gasteiger partial charge is 0.137 e. The molecule has 268 valence electrons. The van der Waals surface area contributed by atoms with Gasteiger partial charge in [0.1, 0.15) is 11.2 Å². The molecule has 8 aromatic carbocycles. The molecule has 0 radical (unpaired) electrons. The van der Waals surface area contributed by atoms with Gasteiger partial charge in [0.25, 0.3) is 0 Å². The summed E-state index contributed by atoms with van der Waals surface area (Å²) >= 11 is 0. The molecule has 0 atom stereocenters. The lowest BCUT2D eigenvalue weighted by molar-refractivity contribution is 0.660. The van der Waals surface area contributed by atoms with Gasteiger partial charge < -0.3 is 9.32 Å². The Balaban J connectivity index is 1.13. The maximum Gasteiger partial charge on any atom is 0.137 e. The highest BCUT2D eigenvalue weighted by Gasteiger charge is 2.36. The minimum absolute atomic E-state index is 0.0962. The fraction of sp³-hybridized carbons (Fsp3) is 0.111. The first-order chi connectivity index (χ1) is 27.3. The average Bonchev–Trinajstić information content (AvgIpc) is 3.80. The summed E-state index contributed by atoms with van der Waals surface area (Å²) < 4.78 is 6.45. The second kappa shape index (κ2) is 11.9. The van der Waals surface area contributed by atoms with Gasteiger partial charge in [-0.1, -0.05) is 137 Å². The van der Waals surface area contributed by atoms with Crippen LogP contribution in [0, 0.1) is 0 Å². The van der Waals surface area contributed by atoms with E-state index in [2.05, 4.69) is 196 Å². The number of benzene rings is 8. The summed E-state index contributed by atoms with van der Waals surface area (Å²) in [4.78, 5) is 2.37. The van der Waals surface area contributed by atoms with Gasteiger partial charge in [-0.25, -0.2) is 0 Å². The Morgan fingerprint density at radius 2 is 0.857 bits per heavy atom. The van der Waals surface area contributed by atoms with Crippen molar-refractivity contribution in [3.8, 4) is 44.5 Å². The van der Waals surface area contributed by atoms with Crippen LogP contribution >= 0.6 is 0 Å². The topological polar surface area (TPSA) is 16.4 Å². The lowest BCUT2D eigenvalue weighted by Crippen LogP contribution is -2.15. The summed E-state index contributed by atoms with van der Waals surface area (Å²) in [5.41, 5.74) is 20.4. The van der Waals surface area contributed by atoms with Crippen molar-refractivity contribution in [2.24, 2.45) is 0 Å². The lowest BCUT2D eigenvalue weighted by atomic mass is 9.81. The van der Waals surface area contributed by atoms with E-state index < -0.39 is 0 Å². The van der Waals surface area contributed by atoms with E-state index in [1.54, 1.807) is 0 Å². The van der Waals surface area contributed by atoms with Gasteiger partial charge in [0.15, 0.2) is 0 Å². The molecule has 0 amide bonds. The molecule has 1 aromatic heterocycles. The summed E-state index contributed by atoms with van der Waals surface area (Å²) in [6.45, 7) is 9.44. The molecule has 0 unspecified atom stereocenters. The maximum absolute atomic E-state index is 6.45. The van der Waals surface area contributed by atoms with Crippen molar-refractivity contribution in [1.29, 1.82) is 0 Å². The van der Waals surface area contributed by atoms with Crippen LogP contribution in [-0.4, -0.2) is 0 Å². The molecule has 0 N–H and O–H groups in total. The molecular formula is C54H41NO. The lowest BCUT2D eigenvalue weighted by Gasteiger charge is -2.27. The SMILES string of the molecule is CC1(C)c2ccccc2-c2ccc(-c3cc(-c4ccc5c(c4)C(C)(C)c4ccccc4-5)cc(N(c4ccccc4)c4ccc5c(c4)oc4ccccc45)c3)cc21.